The molecule has 0 aliphatic carbocycles. The zero-order chi connectivity index (χ0) is 13.0. The van der Waals surface area contributed by atoms with Crippen LogP contribution < -0.4 is 0 Å². The molecule has 0 N–H and O–H groups in total. The van der Waals surface area contributed by atoms with Crippen LogP contribution in [0.2, 0.25) is 0 Å². The maximum atomic E-state index is 12.2. The maximum Gasteiger partial charge on any atom is 0.253 e. The first-order valence-electron chi connectivity index (χ1n) is 5.80. The summed E-state index contributed by atoms with van der Waals surface area (Å²) in [7, 11) is 1.85. The second kappa shape index (κ2) is 6.15. The van der Waals surface area contributed by atoms with Gasteiger partial charge in [-0.25, -0.2) is 4.98 Å². The zero-order valence-corrected chi connectivity index (χ0v) is 12.4. The molecule has 0 aromatic carbocycles. The lowest BCUT2D eigenvalue weighted by Gasteiger charge is -2.26. The Kier molecular flexibility index (Phi) is 5.12. The summed E-state index contributed by atoms with van der Waals surface area (Å²) < 4.78 is 0.688. The van der Waals surface area contributed by atoms with E-state index in [9.17, 15) is 4.79 Å². The molecule has 0 radical (unpaired) electrons. The Hall–Kier alpha value is -0.900. The van der Waals surface area contributed by atoms with Crippen molar-refractivity contribution in [3.8, 4) is 0 Å². The topological polar surface area (TPSA) is 33.2 Å². The first kappa shape index (κ1) is 14.2. The summed E-state index contributed by atoms with van der Waals surface area (Å²) in [5.74, 6) is 0.630. The van der Waals surface area contributed by atoms with Crippen molar-refractivity contribution in [3.05, 3.63) is 28.5 Å². The molecule has 1 heterocycles. The molecule has 0 bridgehead atoms. The van der Waals surface area contributed by atoms with Crippen LogP contribution in [0.15, 0.2) is 22.9 Å². The third kappa shape index (κ3) is 4.11. The molecule has 3 nitrogen and oxygen atoms in total. The summed E-state index contributed by atoms with van der Waals surface area (Å²) >= 11 is 3.28. The van der Waals surface area contributed by atoms with E-state index in [0.717, 1.165) is 6.42 Å². The zero-order valence-electron chi connectivity index (χ0n) is 10.8. The van der Waals surface area contributed by atoms with E-state index in [0.29, 0.717) is 16.1 Å². The van der Waals surface area contributed by atoms with Gasteiger partial charge in [-0.15, -0.1) is 0 Å². The number of halogens is 1. The molecular weight excluding hydrogens is 280 g/mol. The van der Waals surface area contributed by atoms with E-state index in [4.69, 9.17) is 0 Å². The Labute approximate surface area is 111 Å². The van der Waals surface area contributed by atoms with Gasteiger partial charge >= 0.3 is 0 Å². The minimum Gasteiger partial charge on any atom is -0.339 e. The van der Waals surface area contributed by atoms with Crippen molar-refractivity contribution >= 4 is 21.8 Å². The molecule has 1 rings (SSSR count). The van der Waals surface area contributed by atoms with Crippen LogP contribution in [0.1, 0.15) is 37.6 Å². The van der Waals surface area contributed by atoms with Gasteiger partial charge in [0.25, 0.3) is 5.91 Å². The van der Waals surface area contributed by atoms with E-state index in [1.807, 2.05) is 7.05 Å². The molecule has 0 aliphatic heterocycles. The molecule has 1 atom stereocenters. The molecule has 4 heteroatoms. The molecule has 1 aromatic rings. The first-order valence-corrected chi connectivity index (χ1v) is 6.59. The van der Waals surface area contributed by atoms with Crippen molar-refractivity contribution in [1.29, 1.82) is 0 Å². The SMILES string of the molecule is CC(C)CC(C)N(C)C(=O)c1ccnc(Br)c1. The maximum absolute atomic E-state index is 12.2. The fourth-order valence-electron chi connectivity index (χ4n) is 1.78. The molecule has 1 aromatic heterocycles. The third-order valence-corrected chi connectivity index (χ3v) is 3.20. The van der Waals surface area contributed by atoms with Crippen LogP contribution in [-0.2, 0) is 0 Å². The van der Waals surface area contributed by atoms with E-state index in [-0.39, 0.29) is 11.9 Å². The molecule has 1 unspecified atom stereocenters. The summed E-state index contributed by atoms with van der Waals surface area (Å²) in [5, 5.41) is 0. The lowest BCUT2D eigenvalue weighted by atomic mass is 10.0. The summed E-state index contributed by atoms with van der Waals surface area (Å²) in [6.07, 6.45) is 2.65. The minimum atomic E-state index is 0.0428. The number of amides is 1. The van der Waals surface area contributed by atoms with Crippen molar-refractivity contribution in [2.45, 2.75) is 33.2 Å². The number of carbonyl (C=O) groups excluding carboxylic acids is 1. The van der Waals surface area contributed by atoms with Gasteiger partial charge < -0.3 is 4.90 Å². The highest BCUT2D eigenvalue weighted by atomic mass is 79.9. The van der Waals surface area contributed by atoms with E-state index < -0.39 is 0 Å². The van der Waals surface area contributed by atoms with Crippen LogP contribution in [0.4, 0.5) is 0 Å². The number of pyridine rings is 1. The van der Waals surface area contributed by atoms with Gasteiger partial charge in [0.1, 0.15) is 4.60 Å². The van der Waals surface area contributed by atoms with Crippen molar-refractivity contribution in [2.24, 2.45) is 5.92 Å². The quantitative estimate of drug-likeness (QED) is 0.799. The third-order valence-electron chi connectivity index (χ3n) is 2.77. The largest absolute Gasteiger partial charge is 0.339 e. The van der Waals surface area contributed by atoms with Gasteiger partial charge in [0, 0.05) is 24.8 Å². The predicted octanol–water partition coefficient (Wildman–Crippen LogP) is 3.35. The molecule has 0 spiro atoms. The lowest BCUT2D eigenvalue weighted by molar-refractivity contribution is 0.0728. The van der Waals surface area contributed by atoms with Crippen LogP contribution in [0.5, 0.6) is 0 Å². The average Bonchev–Trinajstić information content (AvgIpc) is 2.26. The Morgan fingerprint density at radius 2 is 2.12 bits per heavy atom. The number of aromatic nitrogens is 1. The predicted molar refractivity (Wildman–Crippen MR) is 72.9 cm³/mol. The van der Waals surface area contributed by atoms with Crippen LogP contribution in [0.25, 0.3) is 0 Å². The minimum absolute atomic E-state index is 0.0428. The van der Waals surface area contributed by atoms with Gasteiger partial charge in [-0.2, -0.15) is 0 Å². The normalized spacial score (nSPS) is 12.6. The Bertz CT molecular complexity index is 393. The van der Waals surface area contributed by atoms with Crippen LogP contribution in [0.3, 0.4) is 0 Å². The first-order chi connectivity index (χ1) is 7.91. The van der Waals surface area contributed by atoms with Gasteiger partial charge in [-0.1, -0.05) is 13.8 Å². The van der Waals surface area contributed by atoms with Crippen molar-refractivity contribution in [1.82, 2.24) is 9.88 Å². The second-order valence-corrected chi connectivity index (χ2v) is 5.57. The number of hydrogen-bond donors (Lipinski definition) is 0. The fraction of sp³-hybridized carbons (Fsp3) is 0.538. The van der Waals surface area contributed by atoms with Crippen molar-refractivity contribution in [2.75, 3.05) is 7.05 Å². The highest BCUT2D eigenvalue weighted by Crippen LogP contribution is 2.14. The summed E-state index contributed by atoms with van der Waals surface area (Å²) in [4.78, 5) is 18.0. The smallest absolute Gasteiger partial charge is 0.253 e. The molecule has 1 amide bonds. The molecule has 94 valence electrons. The molecule has 0 aliphatic rings. The van der Waals surface area contributed by atoms with Gasteiger partial charge in [0.05, 0.1) is 0 Å². The van der Waals surface area contributed by atoms with Gasteiger partial charge in [-0.3, -0.25) is 4.79 Å². The van der Waals surface area contributed by atoms with E-state index >= 15 is 0 Å². The van der Waals surface area contributed by atoms with Gasteiger partial charge in [0.15, 0.2) is 0 Å². The summed E-state index contributed by atoms with van der Waals surface area (Å²) in [5.41, 5.74) is 0.671. The molecular formula is C13H19BrN2O. The fourth-order valence-corrected chi connectivity index (χ4v) is 2.14. The van der Waals surface area contributed by atoms with Crippen LogP contribution >= 0.6 is 15.9 Å². The Morgan fingerprint density at radius 1 is 1.47 bits per heavy atom. The average molecular weight is 299 g/mol. The van der Waals surface area contributed by atoms with Crippen LogP contribution in [-0.4, -0.2) is 28.9 Å². The summed E-state index contributed by atoms with van der Waals surface area (Å²) in [6.45, 7) is 6.41. The van der Waals surface area contributed by atoms with Crippen molar-refractivity contribution in [3.63, 3.8) is 0 Å². The second-order valence-electron chi connectivity index (χ2n) is 4.76. The van der Waals surface area contributed by atoms with Gasteiger partial charge in [0.2, 0.25) is 0 Å². The molecule has 0 fully saturated rings. The highest BCUT2D eigenvalue weighted by molar-refractivity contribution is 9.10. The monoisotopic (exact) mass is 298 g/mol. The Balaban J connectivity index is 2.76. The number of rotatable bonds is 4. The molecule has 0 saturated carbocycles. The number of hydrogen-bond acceptors (Lipinski definition) is 2. The molecule has 17 heavy (non-hydrogen) atoms. The van der Waals surface area contributed by atoms with Gasteiger partial charge in [-0.05, 0) is 47.3 Å². The van der Waals surface area contributed by atoms with Crippen LogP contribution in [0, 0.1) is 5.92 Å². The Morgan fingerprint density at radius 3 is 2.65 bits per heavy atom. The van der Waals surface area contributed by atoms with E-state index in [1.165, 1.54) is 0 Å². The summed E-state index contributed by atoms with van der Waals surface area (Å²) in [6, 6.07) is 3.74. The number of nitrogens with zero attached hydrogens (tertiary/aromatic N) is 2. The highest BCUT2D eigenvalue weighted by Gasteiger charge is 2.18. The molecule has 0 saturated heterocycles. The lowest BCUT2D eigenvalue weighted by Crippen LogP contribution is -2.35. The number of carbonyl (C=O) groups is 1. The van der Waals surface area contributed by atoms with Crippen molar-refractivity contribution < 1.29 is 4.79 Å². The van der Waals surface area contributed by atoms with E-state index in [1.54, 1.807) is 23.2 Å². The van der Waals surface area contributed by atoms with E-state index in [2.05, 4.69) is 41.7 Å². The standard InChI is InChI=1S/C13H19BrN2O/c1-9(2)7-10(3)16(4)13(17)11-5-6-15-12(14)8-11/h5-6,8-10H,7H2,1-4H3.